The van der Waals surface area contributed by atoms with Gasteiger partial charge in [-0.15, -0.1) is 0 Å². The van der Waals surface area contributed by atoms with Crippen molar-refractivity contribution in [1.29, 1.82) is 0 Å². The van der Waals surface area contributed by atoms with Gasteiger partial charge < -0.3 is 15.5 Å². The van der Waals surface area contributed by atoms with Crippen LogP contribution in [0.3, 0.4) is 0 Å². The van der Waals surface area contributed by atoms with E-state index in [0.717, 1.165) is 37.6 Å². The van der Waals surface area contributed by atoms with Gasteiger partial charge in [-0.25, -0.2) is 4.98 Å². The molecule has 2 N–H and O–H groups in total. The summed E-state index contributed by atoms with van der Waals surface area (Å²) in [6.45, 7) is 6.38. The largest absolute Gasteiger partial charge is 0.355 e. The van der Waals surface area contributed by atoms with Crippen LogP contribution in [0.1, 0.15) is 24.9 Å². The molecule has 0 aliphatic carbocycles. The van der Waals surface area contributed by atoms with Crippen LogP contribution in [-0.4, -0.2) is 43.1 Å². The molecule has 1 aromatic heterocycles. The highest BCUT2D eigenvalue weighted by molar-refractivity contribution is 5.48. The van der Waals surface area contributed by atoms with Crippen molar-refractivity contribution in [1.82, 2.24) is 9.88 Å². The second-order valence-electron chi connectivity index (χ2n) is 4.85. The maximum absolute atomic E-state index is 6.01. The van der Waals surface area contributed by atoms with Crippen molar-refractivity contribution in [2.24, 2.45) is 5.73 Å². The molecule has 94 valence electrons. The molecule has 0 unspecified atom stereocenters. The Labute approximate surface area is 103 Å². The standard InChI is InChI=1S/C13H22N4/c1-11(14)12-5-3-6-15-13(12)17-8-4-7-16(2)9-10-17/h3,5-6,11H,4,7-10,14H2,1-2H3/t11-/m0/s1. The predicted octanol–water partition coefficient (Wildman–Crippen LogP) is 1.24. The number of pyridine rings is 1. The highest BCUT2D eigenvalue weighted by Crippen LogP contribution is 2.23. The molecule has 2 rings (SSSR count). The van der Waals surface area contributed by atoms with Crippen molar-refractivity contribution in [3.8, 4) is 0 Å². The first-order valence-electron chi connectivity index (χ1n) is 6.32. The van der Waals surface area contributed by atoms with E-state index in [-0.39, 0.29) is 6.04 Å². The van der Waals surface area contributed by atoms with Gasteiger partial charge in [0.25, 0.3) is 0 Å². The number of anilines is 1. The zero-order valence-corrected chi connectivity index (χ0v) is 10.8. The number of hydrogen-bond donors (Lipinski definition) is 1. The fraction of sp³-hybridized carbons (Fsp3) is 0.615. The van der Waals surface area contributed by atoms with Crippen molar-refractivity contribution in [3.05, 3.63) is 23.9 Å². The molecule has 4 nitrogen and oxygen atoms in total. The summed E-state index contributed by atoms with van der Waals surface area (Å²) in [6.07, 6.45) is 3.04. The second-order valence-corrected chi connectivity index (χ2v) is 4.85. The molecule has 0 bridgehead atoms. The minimum atomic E-state index is 0.0414. The van der Waals surface area contributed by atoms with Crippen LogP contribution < -0.4 is 10.6 Å². The van der Waals surface area contributed by atoms with Gasteiger partial charge in [-0.3, -0.25) is 0 Å². The van der Waals surface area contributed by atoms with Gasteiger partial charge in [0.2, 0.25) is 0 Å². The van der Waals surface area contributed by atoms with Crippen LogP contribution in [0.5, 0.6) is 0 Å². The van der Waals surface area contributed by atoms with E-state index in [1.165, 1.54) is 6.42 Å². The molecule has 1 aliphatic heterocycles. The molecule has 2 heterocycles. The molecular weight excluding hydrogens is 212 g/mol. The number of rotatable bonds is 2. The number of nitrogens with zero attached hydrogens (tertiary/aromatic N) is 3. The fourth-order valence-electron chi connectivity index (χ4n) is 2.29. The van der Waals surface area contributed by atoms with Gasteiger partial charge in [0, 0.05) is 37.4 Å². The quantitative estimate of drug-likeness (QED) is 0.836. The van der Waals surface area contributed by atoms with E-state index in [2.05, 4.69) is 27.9 Å². The van der Waals surface area contributed by atoms with E-state index in [1.807, 2.05) is 19.2 Å². The number of hydrogen-bond acceptors (Lipinski definition) is 4. The third-order valence-corrected chi connectivity index (χ3v) is 3.33. The summed E-state index contributed by atoms with van der Waals surface area (Å²) in [5, 5.41) is 0. The van der Waals surface area contributed by atoms with E-state index in [0.29, 0.717) is 0 Å². The Morgan fingerprint density at radius 2 is 2.12 bits per heavy atom. The van der Waals surface area contributed by atoms with E-state index in [9.17, 15) is 0 Å². The van der Waals surface area contributed by atoms with Crippen LogP contribution in [0.15, 0.2) is 18.3 Å². The summed E-state index contributed by atoms with van der Waals surface area (Å²) < 4.78 is 0. The summed E-state index contributed by atoms with van der Waals surface area (Å²) in [4.78, 5) is 9.25. The average molecular weight is 234 g/mol. The van der Waals surface area contributed by atoms with Crippen molar-refractivity contribution in [2.45, 2.75) is 19.4 Å². The normalized spacial score (nSPS) is 20.1. The van der Waals surface area contributed by atoms with E-state index in [4.69, 9.17) is 5.73 Å². The van der Waals surface area contributed by atoms with Crippen LogP contribution in [0.4, 0.5) is 5.82 Å². The minimum absolute atomic E-state index is 0.0414. The monoisotopic (exact) mass is 234 g/mol. The predicted molar refractivity (Wildman–Crippen MR) is 71.2 cm³/mol. The van der Waals surface area contributed by atoms with Crippen LogP contribution in [0, 0.1) is 0 Å². The highest BCUT2D eigenvalue weighted by atomic mass is 15.2. The molecule has 1 aromatic rings. The number of likely N-dealkylation sites (N-methyl/N-ethyl adjacent to an activating group) is 1. The van der Waals surface area contributed by atoms with Gasteiger partial charge >= 0.3 is 0 Å². The zero-order valence-electron chi connectivity index (χ0n) is 10.8. The molecule has 1 fully saturated rings. The van der Waals surface area contributed by atoms with Gasteiger partial charge in [0.1, 0.15) is 5.82 Å². The Hall–Kier alpha value is -1.13. The Kier molecular flexibility index (Phi) is 3.97. The summed E-state index contributed by atoms with van der Waals surface area (Å²) in [6, 6.07) is 4.09. The molecule has 0 spiro atoms. The molecule has 0 saturated carbocycles. The molecule has 1 saturated heterocycles. The maximum atomic E-state index is 6.01. The van der Waals surface area contributed by atoms with Gasteiger partial charge in [-0.2, -0.15) is 0 Å². The molecule has 1 atom stereocenters. The Morgan fingerprint density at radius 3 is 2.88 bits per heavy atom. The van der Waals surface area contributed by atoms with Gasteiger partial charge in [-0.05, 0) is 33.0 Å². The first kappa shape index (κ1) is 12.3. The topological polar surface area (TPSA) is 45.4 Å². The summed E-state index contributed by atoms with van der Waals surface area (Å²) >= 11 is 0. The average Bonchev–Trinajstić information content (AvgIpc) is 2.54. The molecule has 17 heavy (non-hydrogen) atoms. The molecule has 0 amide bonds. The first-order chi connectivity index (χ1) is 8.18. The maximum Gasteiger partial charge on any atom is 0.133 e. The molecule has 0 radical (unpaired) electrons. The molecule has 0 aromatic carbocycles. The third kappa shape index (κ3) is 2.96. The lowest BCUT2D eigenvalue weighted by atomic mass is 10.1. The lowest BCUT2D eigenvalue weighted by Crippen LogP contribution is -2.30. The van der Waals surface area contributed by atoms with Gasteiger partial charge in [0.15, 0.2) is 0 Å². The Morgan fingerprint density at radius 1 is 1.29 bits per heavy atom. The van der Waals surface area contributed by atoms with E-state index >= 15 is 0 Å². The Bertz CT molecular complexity index is 364. The van der Waals surface area contributed by atoms with Crippen LogP contribution in [-0.2, 0) is 0 Å². The minimum Gasteiger partial charge on any atom is -0.355 e. The van der Waals surface area contributed by atoms with Crippen LogP contribution in [0.25, 0.3) is 0 Å². The lowest BCUT2D eigenvalue weighted by molar-refractivity contribution is 0.360. The molecular formula is C13H22N4. The van der Waals surface area contributed by atoms with Gasteiger partial charge in [0.05, 0.1) is 0 Å². The fourth-order valence-corrected chi connectivity index (χ4v) is 2.29. The third-order valence-electron chi connectivity index (χ3n) is 3.33. The smallest absolute Gasteiger partial charge is 0.133 e. The zero-order chi connectivity index (χ0) is 12.3. The Balaban J connectivity index is 2.21. The summed E-state index contributed by atoms with van der Waals surface area (Å²) in [5.74, 6) is 1.07. The lowest BCUT2D eigenvalue weighted by Gasteiger charge is -2.25. The van der Waals surface area contributed by atoms with Crippen molar-refractivity contribution in [2.75, 3.05) is 38.1 Å². The van der Waals surface area contributed by atoms with E-state index in [1.54, 1.807) is 0 Å². The first-order valence-corrected chi connectivity index (χ1v) is 6.32. The SMILES string of the molecule is C[C@H](N)c1cccnc1N1CCCN(C)CC1. The molecule has 1 aliphatic rings. The summed E-state index contributed by atoms with van der Waals surface area (Å²) in [5.41, 5.74) is 7.16. The van der Waals surface area contributed by atoms with Crippen LogP contribution >= 0.6 is 0 Å². The number of aromatic nitrogens is 1. The number of nitrogens with two attached hydrogens (primary N) is 1. The van der Waals surface area contributed by atoms with Crippen molar-refractivity contribution >= 4 is 5.82 Å². The van der Waals surface area contributed by atoms with Gasteiger partial charge in [-0.1, -0.05) is 6.07 Å². The summed E-state index contributed by atoms with van der Waals surface area (Å²) in [7, 11) is 2.17. The molecule has 4 heteroatoms. The van der Waals surface area contributed by atoms with Crippen molar-refractivity contribution in [3.63, 3.8) is 0 Å². The van der Waals surface area contributed by atoms with E-state index < -0.39 is 0 Å². The second kappa shape index (κ2) is 5.47. The van der Waals surface area contributed by atoms with Crippen LogP contribution in [0.2, 0.25) is 0 Å². The van der Waals surface area contributed by atoms with Crippen molar-refractivity contribution < 1.29 is 0 Å². The highest BCUT2D eigenvalue weighted by Gasteiger charge is 2.17.